The fourth-order valence-electron chi connectivity index (χ4n) is 3.87. The Hall–Kier alpha value is -3.62. The van der Waals surface area contributed by atoms with Gasteiger partial charge in [-0.2, -0.15) is 8.75 Å². The fourth-order valence-corrected chi connectivity index (χ4v) is 4.71. The van der Waals surface area contributed by atoms with Crippen molar-refractivity contribution in [1.29, 1.82) is 5.41 Å². The summed E-state index contributed by atoms with van der Waals surface area (Å²) in [5, 5.41) is 12.2. The first-order valence-corrected chi connectivity index (χ1v) is 13.1. The summed E-state index contributed by atoms with van der Waals surface area (Å²) in [5.41, 5.74) is 8.28. The van der Waals surface area contributed by atoms with Crippen molar-refractivity contribution < 1.29 is 4.57 Å². The molecule has 0 aliphatic heterocycles. The molecule has 0 radical (unpaired) electrons. The molecule has 0 bridgehead atoms. The molecule has 0 saturated carbocycles. The Morgan fingerprint density at radius 2 is 1.89 bits per heavy atom. The van der Waals surface area contributed by atoms with Gasteiger partial charge in [-0.05, 0) is 29.7 Å². The third-order valence-electron chi connectivity index (χ3n) is 5.56. The Bertz CT molecular complexity index is 1420. The lowest BCUT2D eigenvalue weighted by atomic mass is 9.85. The van der Waals surface area contributed by atoms with Gasteiger partial charge in [0.25, 0.3) is 0 Å². The minimum absolute atomic E-state index is 0.373. The number of hydrogen-bond donors (Lipinski definition) is 2. The molecule has 0 atom stereocenters. The van der Waals surface area contributed by atoms with Crippen LogP contribution in [0.5, 0.6) is 0 Å². The lowest BCUT2D eigenvalue weighted by Gasteiger charge is -2.20. The Kier molecular flexibility index (Phi) is 7.84. The zero-order chi connectivity index (χ0) is 24.8. The van der Waals surface area contributed by atoms with Crippen molar-refractivity contribution in [3.63, 3.8) is 0 Å². The summed E-state index contributed by atoms with van der Waals surface area (Å²) in [7, 11) is 3.85. The maximum Gasteiger partial charge on any atom is 0.169 e. The Morgan fingerprint density at radius 1 is 1.17 bits per heavy atom. The fraction of sp³-hybridized carbons (Fsp3) is 0.148. The Morgan fingerprint density at radius 3 is 2.57 bits per heavy atom. The van der Waals surface area contributed by atoms with Crippen LogP contribution >= 0.6 is 23.5 Å². The average molecular weight is 500 g/mol. The van der Waals surface area contributed by atoms with Crippen molar-refractivity contribution in [1.82, 2.24) is 14.1 Å². The van der Waals surface area contributed by atoms with E-state index in [-0.39, 0.29) is 0 Å². The predicted molar refractivity (Wildman–Crippen MR) is 150 cm³/mol. The molecule has 0 spiro atoms. The van der Waals surface area contributed by atoms with E-state index in [0.29, 0.717) is 17.3 Å². The van der Waals surface area contributed by atoms with Gasteiger partial charge < -0.3 is 5.32 Å². The van der Waals surface area contributed by atoms with Crippen molar-refractivity contribution >= 4 is 51.5 Å². The number of hydrogen-bond acceptors (Lipinski definition) is 7. The molecule has 35 heavy (non-hydrogen) atoms. The molecule has 2 N–H and O–H groups in total. The summed E-state index contributed by atoms with van der Waals surface area (Å²) in [4.78, 5) is 4.77. The zero-order valence-electron chi connectivity index (χ0n) is 19.9. The maximum atomic E-state index is 9.13. The summed E-state index contributed by atoms with van der Waals surface area (Å²) < 4.78 is 11.2. The summed E-state index contributed by atoms with van der Waals surface area (Å²) in [6.07, 6.45) is 17.6. The molecule has 6 nitrogen and oxygen atoms in total. The van der Waals surface area contributed by atoms with E-state index >= 15 is 0 Å². The van der Waals surface area contributed by atoms with E-state index in [1.165, 1.54) is 11.7 Å². The number of aromatic nitrogens is 3. The van der Waals surface area contributed by atoms with Crippen LogP contribution in [0.2, 0.25) is 0 Å². The first kappa shape index (κ1) is 24.5. The van der Waals surface area contributed by atoms with Gasteiger partial charge in [-0.3, -0.25) is 10.4 Å². The van der Waals surface area contributed by atoms with Crippen LogP contribution in [0.3, 0.4) is 0 Å². The average Bonchev–Trinajstić information content (AvgIpc) is 3.36. The smallest absolute Gasteiger partial charge is 0.169 e. The van der Waals surface area contributed by atoms with E-state index in [1.54, 1.807) is 17.8 Å². The van der Waals surface area contributed by atoms with Gasteiger partial charge in [0.15, 0.2) is 12.4 Å². The molecule has 0 saturated heterocycles. The molecule has 176 valence electrons. The van der Waals surface area contributed by atoms with Crippen LogP contribution in [0.4, 0.5) is 0 Å². The minimum atomic E-state index is 0.373. The van der Waals surface area contributed by atoms with E-state index in [9.17, 15) is 0 Å². The highest BCUT2D eigenvalue weighted by atomic mass is 32.2. The lowest BCUT2D eigenvalue weighted by molar-refractivity contribution is -0.671. The van der Waals surface area contributed by atoms with E-state index in [4.69, 9.17) is 10.4 Å². The van der Waals surface area contributed by atoms with Crippen molar-refractivity contribution in [3.8, 4) is 11.1 Å². The number of nitrogens with one attached hydrogen (secondary N) is 2. The summed E-state index contributed by atoms with van der Waals surface area (Å²) >= 11 is 2.81. The van der Waals surface area contributed by atoms with Gasteiger partial charge in [-0.25, -0.2) is 4.57 Å². The third-order valence-corrected chi connectivity index (χ3v) is 6.48. The first-order chi connectivity index (χ1) is 17.1. The molecule has 0 unspecified atom stereocenters. The van der Waals surface area contributed by atoms with E-state index in [1.807, 2.05) is 73.9 Å². The Labute approximate surface area is 214 Å². The number of nitrogens with zero attached hydrogens (tertiary/aromatic N) is 4. The highest BCUT2D eigenvalue weighted by Gasteiger charge is 2.25. The van der Waals surface area contributed by atoms with Crippen LogP contribution in [-0.4, -0.2) is 39.4 Å². The molecule has 0 fully saturated rings. The second kappa shape index (κ2) is 11.2. The Balaban J connectivity index is 1.85. The van der Waals surface area contributed by atoms with E-state index in [0.717, 1.165) is 44.4 Å². The van der Waals surface area contributed by atoms with Crippen LogP contribution < -0.4 is 9.88 Å². The SMILES string of the molecule is C=CC=C(C=CNC)C1=CC=C(c2ccc(-c3cc[n+](C)cc3)c3nsnc23)C(=N)C1=NCSC. The number of thioether (sulfide) groups is 1. The second-order valence-corrected chi connectivity index (χ2v) is 9.18. The van der Waals surface area contributed by atoms with Crippen LogP contribution in [0.15, 0.2) is 96.0 Å². The third kappa shape index (κ3) is 5.08. The molecule has 1 aliphatic carbocycles. The molecule has 1 aromatic carbocycles. The highest BCUT2D eigenvalue weighted by molar-refractivity contribution is 7.98. The van der Waals surface area contributed by atoms with Crippen LogP contribution in [-0.2, 0) is 7.05 Å². The molecular formula is C27H27N6S2+. The quantitative estimate of drug-likeness (QED) is 0.256. The van der Waals surface area contributed by atoms with Gasteiger partial charge in [0.05, 0.1) is 29.0 Å². The second-order valence-electron chi connectivity index (χ2n) is 7.81. The lowest BCUT2D eigenvalue weighted by Crippen LogP contribution is -2.25. The van der Waals surface area contributed by atoms with Crippen molar-refractivity contribution in [3.05, 3.63) is 96.5 Å². The molecular weight excluding hydrogens is 472 g/mol. The number of rotatable bonds is 8. The minimum Gasteiger partial charge on any atom is -0.394 e. The number of aryl methyl sites for hydroxylation is 1. The summed E-state index contributed by atoms with van der Waals surface area (Å²) in [6.45, 7) is 3.85. The molecule has 3 aromatic rings. The van der Waals surface area contributed by atoms with E-state index < -0.39 is 0 Å². The highest BCUT2D eigenvalue weighted by Crippen LogP contribution is 2.35. The molecule has 1 aliphatic rings. The van der Waals surface area contributed by atoms with Gasteiger partial charge in [0, 0.05) is 41.5 Å². The number of aliphatic imine (C=N–C) groups is 1. The number of benzene rings is 1. The van der Waals surface area contributed by atoms with Crippen LogP contribution in [0.1, 0.15) is 5.56 Å². The first-order valence-electron chi connectivity index (χ1n) is 11.0. The maximum absolute atomic E-state index is 9.13. The standard InChI is InChI=1S/C27H27N6S2/c1-5-6-18(11-14-29-2)20-7-9-22(24(28)25(20)30-17-34-4)23-10-8-21(26-27(23)32-35-31-26)19-12-15-33(3)16-13-19/h5-16,28-29H,1,17H2,2-4H3/q+1. The molecule has 2 aromatic heterocycles. The van der Waals surface area contributed by atoms with Gasteiger partial charge in [0.1, 0.15) is 18.1 Å². The summed E-state index contributed by atoms with van der Waals surface area (Å²) in [6, 6.07) is 8.26. The van der Waals surface area contributed by atoms with Crippen LogP contribution in [0.25, 0.3) is 27.7 Å². The monoisotopic (exact) mass is 499 g/mol. The molecule has 4 rings (SSSR count). The molecule has 0 amide bonds. The van der Waals surface area contributed by atoms with Gasteiger partial charge in [-0.15, -0.1) is 11.8 Å². The van der Waals surface area contributed by atoms with Crippen LogP contribution in [0, 0.1) is 5.41 Å². The van der Waals surface area contributed by atoms with Crippen molar-refractivity contribution in [2.75, 3.05) is 19.2 Å². The molecule has 8 heteroatoms. The topological polar surface area (TPSA) is 77.9 Å². The number of allylic oxidation sites excluding steroid dienone is 8. The predicted octanol–water partition coefficient (Wildman–Crippen LogP) is 5.13. The summed E-state index contributed by atoms with van der Waals surface area (Å²) in [5.74, 6) is 0.567. The number of pyridine rings is 1. The number of fused-ring (bicyclic) bond motifs is 1. The zero-order valence-corrected chi connectivity index (χ0v) is 21.6. The molecule has 2 heterocycles. The van der Waals surface area contributed by atoms with Crippen molar-refractivity contribution in [2.24, 2.45) is 12.0 Å². The van der Waals surface area contributed by atoms with Gasteiger partial charge in [0.2, 0.25) is 0 Å². The van der Waals surface area contributed by atoms with E-state index in [2.05, 4.69) is 38.8 Å². The van der Waals surface area contributed by atoms with Crippen molar-refractivity contribution in [2.45, 2.75) is 0 Å². The largest absolute Gasteiger partial charge is 0.394 e. The van der Waals surface area contributed by atoms with Gasteiger partial charge >= 0.3 is 0 Å². The normalized spacial score (nSPS) is 15.6. The van der Waals surface area contributed by atoms with Gasteiger partial charge in [-0.1, -0.05) is 43.0 Å².